The van der Waals surface area contributed by atoms with Crippen LogP contribution in [-0.4, -0.2) is 15.0 Å². The molecule has 2 aromatic rings. The standard InChI is InChI=1S/C15H14BrF2NO3S/c1-2-10-9-11(16)3-8-14(10)23(20,21)19-12-4-6-13(7-5-12)22-15(17)18/h3-9,15,19H,2H2,1H3. The monoisotopic (exact) mass is 405 g/mol. The van der Waals surface area contributed by atoms with Crippen molar-refractivity contribution in [2.45, 2.75) is 24.9 Å². The summed E-state index contributed by atoms with van der Waals surface area (Å²) in [7, 11) is -3.77. The van der Waals surface area contributed by atoms with Crippen molar-refractivity contribution in [1.29, 1.82) is 0 Å². The van der Waals surface area contributed by atoms with Crippen molar-refractivity contribution in [1.82, 2.24) is 0 Å². The van der Waals surface area contributed by atoms with E-state index in [-0.39, 0.29) is 16.3 Å². The van der Waals surface area contributed by atoms with Gasteiger partial charge in [0.05, 0.1) is 4.90 Å². The summed E-state index contributed by atoms with van der Waals surface area (Å²) in [5, 5.41) is 0. The molecule has 4 nitrogen and oxygen atoms in total. The number of hydrogen-bond acceptors (Lipinski definition) is 3. The predicted octanol–water partition coefficient (Wildman–Crippen LogP) is 4.41. The van der Waals surface area contributed by atoms with Gasteiger partial charge in [-0.25, -0.2) is 8.42 Å². The summed E-state index contributed by atoms with van der Waals surface area (Å²) < 4.78 is 56.6. The van der Waals surface area contributed by atoms with Crippen molar-refractivity contribution in [2.24, 2.45) is 0 Å². The van der Waals surface area contributed by atoms with Gasteiger partial charge < -0.3 is 4.74 Å². The fourth-order valence-corrected chi connectivity index (χ4v) is 3.76. The van der Waals surface area contributed by atoms with E-state index >= 15 is 0 Å². The number of sulfonamides is 1. The number of alkyl halides is 2. The summed E-state index contributed by atoms with van der Waals surface area (Å²) in [6.45, 7) is -1.07. The van der Waals surface area contributed by atoms with E-state index in [1.54, 1.807) is 12.1 Å². The van der Waals surface area contributed by atoms with Crippen LogP contribution in [0.3, 0.4) is 0 Å². The molecule has 0 bridgehead atoms. The normalized spacial score (nSPS) is 11.5. The summed E-state index contributed by atoms with van der Waals surface area (Å²) in [5.41, 5.74) is 0.932. The van der Waals surface area contributed by atoms with Gasteiger partial charge in [0.15, 0.2) is 0 Å². The van der Waals surface area contributed by atoms with Gasteiger partial charge in [0, 0.05) is 10.2 Å². The van der Waals surface area contributed by atoms with Gasteiger partial charge in [0.25, 0.3) is 10.0 Å². The second kappa shape index (κ2) is 7.27. The number of benzene rings is 2. The summed E-state index contributed by atoms with van der Waals surface area (Å²) in [6, 6.07) is 10.2. The molecule has 0 amide bonds. The Labute approximate surface area is 141 Å². The number of nitrogens with one attached hydrogen (secondary N) is 1. The molecule has 23 heavy (non-hydrogen) atoms. The van der Waals surface area contributed by atoms with Gasteiger partial charge in [-0.1, -0.05) is 22.9 Å². The highest BCUT2D eigenvalue weighted by Gasteiger charge is 2.18. The Bertz CT molecular complexity index is 780. The van der Waals surface area contributed by atoms with E-state index in [9.17, 15) is 17.2 Å². The van der Waals surface area contributed by atoms with Crippen LogP contribution in [0, 0.1) is 0 Å². The second-order valence-electron chi connectivity index (χ2n) is 4.61. The fraction of sp³-hybridized carbons (Fsp3) is 0.200. The Morgan fingerprint density at radius 3 is 2.39 bits per heavy atom. The molecule has 2 rings (SSSR count). The molecule has 0 aromatic heterocycles. The van der Waals surface area contributed by atoms with Crippen LogP contribution < -0.4 is 9.46 Å². The number of ether oxygens (including phenoxy) is 1. The maximum atomic E-state index is 12.5. The van der Waals surface area contributed by atoms with Gasteiger partial charge in [0.2, 0.25) is 0 Å². The molecule has 1 N–H and O–H groups in total. The molecule has 8 heteroatoms. The van der Waals surface area contributed by atoms with E-state index in [0.717, 1.165) is 4.47 Å². The number of halogens is 3. The minimum absolute atomic E-state index is 0.0409. The smallest absolute Gasteiger partial charge is 0.387 e. The zero-order valence-corrected chi connectivity index (χ0v) is 14.5. The van der Waals surface area contributed by atoms with Crippen LogP contribution in [0.15, 0.2) is 51.8 Å². The van der Waals surface area contributed by atoms with Gasteiger partial charge in [-0.15, -0.1) is 0 Å². The minimum Gasteiger partial charge on any atom is -0.435 e. The molecule has 0 heterocycles. The van der Waals surface area contributed by atoms with Crippen LogP contribution in [0.4, 0.5) is 14.5 Å². The van der Waals surface area contributed by atoms with Crippen LogP contribution in [0.25, 0.3) is 0 Å². The van der Waals surface area contributed by atoms with Crippen molar-refractivity contribution in [2.75, 3.05) is 4.72 Å². The second-order valence-corrected chi connectivity index (χ2v) is 7.18. The summed E-state index contributed by atoms with van der Waals surface area (Å²) in [6.07, 6.45) is 0.552. The van der Waals surface area contributed by atoms with Crippen LogP contribution in [0.5, 0.6) is 5.75 Å². The third kappa shape index (κ3) is 4.65. The van der Waals surface area contributed by atoms with Crippen LogP contribution in [-0.2, 0) is 16.4 Å². The topological polar surface area (TPSA) is 55.4 Å². The van der Waals surface area contributed by atoms with Gasteiger partial charge >= 0.3 is 6.61 Å². The molecule has 0 atom stereocenters. The first-order chi connectivity index (χ1) is 10.8. The first-order valence-electron chi connectivity index (χ1n) is 6.68. The van der Waals surface area contributed by atoms with Gasteiger partial charge in [0.1, 0.15) is 5.75 Å². The largest absolute Gasteiger partial charge is 0.435 e. The average Bonchev–Trinajstić information content (AvgIpc) is 2.48. The molecule has 0 saturated carbocycles. The molecule has 0 aliphatic rings. The predicted molar refractivity (Wildman–Crippen MR) is 87.4 cm³/mol. The lowest BCUT2D eigenvalue weighted by Crippen LogP contribution is -2.15. The Morgan fingerprint density at radius 2 is 1.83 bits per heavy atom. The Hall–Kier alpha value is -1.67. The van der Waals surface area contributed by atoms with Crippen LogP contribution in [0.1, 0.15) is 12.5 Å². The van der Waals surface area contributed by atoms with Gasteiger partial charge in [-0.3, -0.25) is 4.72 Å². The van der Waals surface area contributed by atoms with E-state index in [0.29, 0.717) is 12.0 Å². The summed E-state index contributed by atoms with van der Waals surface area (Å²) in [5.74, 6) is -0.0409. The first kappa shape index (κ1) is 17.7. The van der Waals surface area contributed by atoms with Crippen molar-refractivity contribution in [3.05, 3.63) is 52.5 Å². The average molecular weight is 406 g/mol. The molecule has 0 fully saturated rings. The highest BCUT2D eigenvalue weighted by Crippen LogP contribution is 2.25. The zero-order chi connectivity index (χ0) is 17.0. The summed E-state index contributed by atoms with van der Waals surface area (Å²) in [4.78, 5) is 0.177. The molecule has 0 spiro atoms. The third-order valence-electron chi connectivity index (χ3n) is 3.02. The molecule has 0 unspecified atom stereocenters. The molecule has 0 aliphatic heterocycles. The Balaban J connectivity index is 2.24. The van der Waals surface area contributed by atoms with E-state index in [1.807, 2.05) is 6.92 Å². The quantitative estimate of drug-likeness (QED) is 0.773. The highest BCUT2D eigenvalue weighted by molar-refractivity contribution is 9.10. The third-order valence-corrected chi connectivity index (χ3v) is 5.00. The zero-order valence-electron chi connectivity index (χ0n) is 12.1. The maximum Gasteiger partial charge on any atom is 0.387 e. The number of aryl methyl sites for hydroxylation is 1. The van der Waals surface area contributed by atoms with Gasteiger partial charge in [-0.2, -0.15) is 8.78 Å². The van der Waals surface area contributed by atoms with Crippen molar-refractivity contribution in [3.8, 4) is 5.75 Å². The van der Waals surface area contributed by atoms with E-state index in [1.165, 1.54) is 30.3 Å². The molecular formula is C15H14BrF2NO3S. The molecule has 2 aromatic carbocycles. The van der Waals surface area contributed by atoms with Gasteiger partial charge in [-0.05, 0) is 54.4 Å². The molecule has 124 valence electrons. The minimum atomic E-state index is -3.77. The van der Waals surface area contributed by atoms with Crippen molar-refractivity contribution in [3.63, 3.8) is 0 Å². The lowest BCUT2D eigenvalue weighted by atomic mass is 10.2. The highest BCUT2D eigenvalue weighted by atomic mass is 79.9. The first-order valence-corrected chi connectivity index (χ1v) is 8.95. The van der Waals surface area contributed by atoms with E-state index < -0.39 is 16.6 Å². The van der Waals surface area contributed by atoms with E-state index in [2.05, 4.69) is 25.4 Å². The van der Waals surface area contributed by atoms with Crippen LogP contribution >= 0.6 is 15.9 Å². The lowest BCUT2D eigenvalue weighted by Gasteiger charge is -2.12. The molecule has 0 aliphatic carbocycles. The number of rotatable bonds is 6. The number of hydrogen-bond donors (Lipinski definition) is 1. The molecule has 0 radical (unpaired) electrons. The van der Waals surface area contributed by atoms with Crippen LogP contribution in [0.2, 0.25) is 0 Å². The lowest BCUT2D eigenvalue weighted by molar-refractivity contribution is -0.0498. The molecule has 0 saturated heterocycles. The summed E-state index contributed by atoms with van der Waals surface area (Å²) >= 11 is 3.31. The van der Waals surface area contributed by atoms with Crippen molar-refractivity contribution < 1.29 is 21.9 Å². The fourth-order valence-electron chi connectivity index (χ4n) is 2.00. The Kier molecular flexibility index (Phi) is 5.59. The number of anilines is 1. The molecular weight excluding hydrogens is 392 g/mol. The SMILES string of the molecule is CCc1cc(Br)ccc1S(=O)(=O)Nc1ccc(OC(F)F)cc1. The maximum absolute atomic E-state index is 12.5. The van der Waals surface area contributed by atoms with E-state index in [4.69, 9.17) is 0 Å². The Morgan fingerprint density at radius 1 is 1.17 bits per heavy atom. The van der Waals surface area contributed by atoms with Crippen molar-refractivity contribution >= 4 is 31.6 Å².